The number of amides is 1. The second-order valence-corrected chi connectivity index (χ2v) is 6.83. The molecule has 0 aromatic heterocycles. The highest BCUT2D eigenvalue weighted by Gasteiger charge is 2.11. The molecule has 4 heteroatoms. The van der Waals surface area contributed by atoms with Gasteiger partial charge >= 0.3 is 0 Å². The first kappa shape index (κ1) is 19.4. The number of anilines is 1. The van der Waals surface area contributed by atoms with Crippen molar-refractivity contribution in [3.8, 4) is 5.75 Å². The van der Waals surface area contributed by atoms with Crippen LogP contribution in [-0.4, -0.2) is 18.3 Å². The number of rotatable bonds is 6. The Labute approximate surface area is 165 Å². The molecule has 0 aliphatic rings. The normalized spacial score (nSPS) is 10.4. The predicted octanol–water partition coefficient (Wildman–Crippen LogP) is 4.86. The first-order valence-corrected chi connectivity index (χ1v) is 9.14. The quantitative estimate of drug-likeness (QED) is 0.628. The minimum Gasteiger partial charge on any atom is -0.484 e. The summed E-state index contributed by atoms with van der Waals surface area (Å²) >= 11 is 0. The van der Waals surface area contributed by atoms with E-state index in [0.29, 0.717) is 16.9 Å². The Morgan fingerprint density at radius 2 is 1.39 bits per heavy atom. The van der Waals surface area contributed by atoms with Crippen LogP contribution in [0.1, 0.15) is 32.6 Å². The van der Waals surface area contributed by atoms with Crippen LogP contribution in [0.2, 0.25) is 0 Å². The van der Waals surface area contributed by atoms with Crippen LogP contribution in [0, 0.1) is 20.8 Å². The Bertz CT molecular complexity index is 969. The lowest BCUT2D eigenvalue weighted by molar-refractivity contribution is -0.118. The fourth-order valence-electron chi connectivity index (χ4n) is 3.16. The van der Waals surface area contributed by atoms with Gasteiger partial charge in [0, 0.05) is 16.8 Å². The molecular weight excluding hydrogens is 350 g/mol. The number of hydrogen-bond donors (Lipinski definition) is 1. The molecule has 0 bridgehead atoms. The van der Waals surface area contributed by atoms with Crippen molar-refractivity contribution in [2.75, 3.05) is 11.9 Å². The van der Waals surface area contributed by atoms with Gasteiger partial charge in [0.15, 0.2) is 12.4 Å². The van der Waals surface area contributed by atoms with E-state index in [4.69, 9.17) is 4.74 Å². The van der Waals surface area contributed by atoms with E-state index in [-0.39, 0.29) is 18.3 Å². The van der Waals surface area contributed by atoms with Gasteiger partial charge in [-0.3, -0.25) is 9.59 Å². The molecule has 0 aliphatic heterocycles. The third-order valence-electron chi connectivity index (χ3n) is 4.46. The largest absolute Gasteiger partial charge is 0.484 e. The van der Waals surface area contributed by atoms with Crippen LogP contribution in [0.15, 0.2) is 66.7 Å². The number of hydrogen-bond acceptors (Lipinski definition) is 3. The molecule has 0 radical (unpaired) electrons. The molecule has 0 fully saturated rings. The highest BCUT2D eigenvalue weighted by Crippen LogP contribution is 2.22. The molecular formula is C24H23NO3. The summed E-state index contributed by atoms with van der Waals surface area (Å²) in [5.41, 5.74) is 5.25. The molecule has 0 spiro atoms. The van der Waals surface area contributed by atoms with Gasteiger partial charge in [-0.1, -0.05) is 48.0 Å². The van der Waals surface area contributed by atoms with Crippen LogP contribution in [0.4, 0.5) is 5.69 Å². The minimum atomic E-state index is -0.223. The molecule has 0 saturated heterocycles. The lowest BCUT2D eigenvalue weighted by Crippen LogP contribution is -2.21. The average molecular weight is 373 g/mol. The number of ether oxygens (including phenoxy) is 1. The second-order valence-electron chi connectivity index (χ2n) is 6.83. The predicted molar refractivity (Wildman–Crippen MR) is 111 cm³/mol. The van der Waals surface area contributed by atoms with Crippen molar-refractivity contribution >= 4 is 17.4 Å². The first-order valence-electron chi connectivity index (χ1n) is 9.14. The fourth-order valence-corrected chi connectivity index (χ4v) is 3.16. The number of nitrogens with one attached hydrogen (secondary N) is 1. The van der Waals surface area contributed by atoms with E-state index < -0.39 is 0 Å². The SMILES string of the molecule is Cc1cc(C)c(NC(=O)COc2ccc(C(=O)c3ccccc3)cc2)c(C)c1. The van der Waals surface area contributed by atoms with Gasteiger partial charge in [-0.05, 0) is 56.2 Å². The Balaban J connectivity index is 1.59. The summed E-state index contributed by atoms with van der Waals surface area (Å²) in [6.45, 7) is 5.87. The van der Waals surface area contributed by atoms with Gasteiger partial charge in [0.1, 0.15) is 5.75 Å². The highest BCUT2D eigenvalue weighted by atomic mass is 16.5. The van der Waals surface area contributed by atoms with Crippen LogP contribution >= 0.6 is 0 Å². The summed E-state index contributed by atoms with van der Waals surface area (Å²) in [6.07, 6.45) is 0. The van der Waals surface area contributed by atoms with E-state index in [0.717, 1.165) is 22.4 Å². The Morgan fingerprint density at radius 1 is 0.821 bits per heavy atom. The fraction of sp³-hybridized carbons (Fsp3) is 0.167. The molecule has 3 rings (SSSR count). The Morgan fingerprint density at radius 3 is 2.00 bits per heavy atom. The topological polar surface area (TPSA) is 55.4 Å². The Hall–Kier alpha value is -3.40. The van der Waals surface area contributed by atoms with Gasteiger partial charge in [-0.15, -0.1) is 0 Å². The van der Waals surface area contributed by atoms with Crippen LogP contribution in [0.5, 0.6) is 5.75 Å². The maximum atomic E-state index is 12.4. The van der Waals surface area contributed by atoms with Gasteiger partial charge in [0.2, 0.25) is 0 Å². The number of aryl methyl sites for hydroxylation is 3. The molecule has 3 aromatic rings. The van der Waals surface area contributed by atoms with Crippen LogP contribution < -0.4 is 10.1 Å². The van der Waals surface area contributed by atoms with Crippen molar-refractivity contribution in [1.29, 1.82) is 0 Å². The van der Waals surface area contributed by atoms with E-state index in [1.807, 2.05) is 51.1 Å². The van der Waals surface area contributed by atoms with Gasteiger partial charge in [0.25, 0.3) is 5.91 Å². The second kappa shape index (κ2) is 8.53. The number of carbonyl (C=O) groups is 2. The average Bonchev–Trinajstić information content (AvgIpc) is 2.69. The minimum absolute atomic E-state index is 0.0461. The number of ketones is 1. The molecule has 1 amide bonds. The molecule has 3 aromatic carbocycles. The van der Waals surface area contributed by atoms with Crippen molar-refractivity contribution in [3.05, 3.63) is 94.5 Å². The lowest BCUT2D eigenvalue weighted by atomic mass is 10.0. The van der Waals surface area contributed by atoms with E-state index in [2.05, 4.69) is 5.32 Å². The van der Waals surface area contributed by atoms with E-state index in [9.17, 15) is 9.59 Å². The zero-order valence-electron chi connectivity index (χ0n) is 16.3. The number of benzene rings is 3. The van der Waals surface area contributed by atoms with Gasteiger partial charge in [-0.25, -0.2) is 0 Å². The molecule has 0 aliphatic carbocycles. The summed E-state index contributed by atoms with van der Waals surface area (Å²) in [6, 6.07) is 20.0. The van der Waals surface area contributed by atoms with Crippen LogP contribution in [-0.2, 0) is 4.79 Å². The molecule has 0 saturated carbocycles. The first-order chi connectivity index (χ1) is 13.4. The standard InChI is InChI=1S/C24H23NO3/c1-16-13-17(2)23(18(3)14-16)25-22(26)15-28-21-11-9-20(10-12-21)24(27)19-7-5-4-6-8-19/h4-14H,15H2,1-3H3,(H,25,26). The van der Waals surface area contributed by atoms with Crippen molar-refractivity contribution in [3.63, 3.8) is 0 Å². The van der Waals surface area contributed by atoms with Crippen molar-refractivity contribution in [1.82, 2.24) is 0 Å². The van der Waals surface area contributed by atoms with Crippen molar-refractivity contribution < 1.29 is 14.3 Å². The zero-order chi connectivity index (χ0) is 20.1. The summed E-state index contributed by atoms with van der Waals surface area (Å²) in [4.78, 5) is 24.7. The third-order valence-corrected chi connectivity index (χ3v) is 4.46. The lowest BCUT2D eigenvalue weighted by Gasteiger charge is -2.13. The monoisotopic (exact) mass is 373 g/mol. The molecule has 4 nitrogen and oxygen atoms in total. The zero-order valence-corrected chi connectivity index (χ0v) is 16.3. The summed E-state index contributed by atoms with van der Waals surface area (Å²) < 4.78 is 5.56. The molecule has 0 heterocycles. The summed E-state index contributed by atoms with van der Waals surface area (Å²) in [5, 5.41) is 2.91. The van der Waals surface area contributed by atoms with Crippen molar-refractivity contribution in [2.24, 2.45) is 0 Å². The van der Waals surface area contributed by atoms with E-state index in [1.54, 1.807) is 36.4 Å². The van der Waals surface area contributed by atoms with Gasteiger partial charge in [0.05, 0.1) is 0 Å². The van der Waals surface area contributed by atoms with Crippen molar-refractivity contribution in [2.45, 2.75) is 20.8 Å². The maximum Gasteiger partial charge on any atom is 0.262 e. The maximum absolute atomic E-state index is 12.4. The van der Waals surface area contributed by atoms with Gasteiger partial charge < -0.3 is 10.1 Å². The summed E-state index contributed by atoms with van der Waals surface area (Å²) in [7, 11) is 0. The molecule has 0 unspecified atom stereocenters. The van der Waals surface area contributed by atoms with E-state index in [1.165, 1.54) is 0 Å². The summed E-state index contributed by atoms with van der Waals surface area (Å²) in [5.74, 6) is 0.270. The molecule has 0 atom stereocenters. The molecule has 142 valence electrons. The highest BCUT2D eigenvalue weighted by molar-refractivity contribution is 6.09. The van der Waals surface area contributed by atoms with Crippen LogP contribution in [0.25, 0.3) is 0 Å². The molecule has 1 N–H and O–H groups in total. The van der Waals surface area contributed by atoms with Gasteiger partial charge in [-0.2, -0.15) is 0 Å². The smallest absolute Gasteiger partial charge is 0.262 e. The Kier molecular flexibility index (Phi) is 5.90. The van der Waals surface area contributed by atoms with Crippen LogP contribution in [0.3, 0.4) is 0 Å². The number of carbonyl (C=O) groups excluding carboxylic acids is 2. The third kappa shape index (κ3) is 4.65. The van der Waals surface area contributed by atoms with E-state index >= 15 is 0 Å². The molecule has 28 heavy (non-hydrogen) atoms.